The fourth-order valence-electron chi connectivity index (χ4n) is 1.38. The van der Waals surface area contributed by atoms with Gasteiger partial charge in [0.25, 0.3) is 0 Å². The molecule has 4 nitrogen and oxygen atoms in total. The van der Waals surface area contributed by atoms with Crippen molar-refractivity contribution in [2.75, 3.05) is 13.7 Å². The van der Waals surface area contributed by atoms with Crippen molar-refractivity contribution in [3.8, 4) is 11.5 Å². The van der Waals surface area contributed by atoms with E-state index in [2.05, 4.69) is 0 Å². The van der Waals surface area contributed by atoms with Crippen LogP contribution < -0.4 is 9.47 Å². The standard InChI is InChI=1S/C14H18O4/c1-3-13(15)14(16)5-4-10-18-12-8-6-11(17-2)7-9-12/h3,6-9,15H,4-5,10H2,1-2H3. The molecule has 0 radical (unpaired) electrons. The average Bonchev–Trinajstić information content (AvgIpc) is 2.43. The van der Waals surface area contributed by atoms with Crippen LogP contribution in [0, 0.1) is 0 Å². The lowest BCUT2D eigenvalue weighted by atomic mass is 10.2. The molecule has 0 bridgehead atoms. The van der Waals surface area contributed by atoms with Gasteiger partial charge in [0.05, 0.1) is 13.7 Å². The number of methoxy groups -OCH3 is 1. The van der Waals surface area contributed by atoms with Crippen LogP contribution in [0.15, 0.2) is 36.1 Å². The summed E-state index contributed by atoms with van der Waals surface area (Å²) in [6.07, 6.45) is 2.25. The predicted molar refractivity (Wildman–Crippen MR) is 69.1 cm³/mol. The topological polar surface area (TPSA) is 55.8 Å². The van der Waals surface area contributed by atoms with E-state index in [0.29, 0.717) is 13.0 Å². The normalized spacial score (nSPS) is 11.1. The molecule has 0 aliphatic heterocycles. The fourth-order valence-corrected chi connectivity index (χ4v) is 1.38. The minimum absolute atomic E-state index is 0.181. The molecule has 18 heavy (non-hydrogen) atoms. The van der Waals surface area contributed by atoms with E-state index < -0.39 is 0 Å². The highest BCUT2D eigenvalue weighted by Crippen LogP contribution is 2.17. The highest BCUT2D eigenvalue weighted by atomic mass is 16.5. The Morgan fingerprint density at radius 2 is 1.89 bits per heavy atom. The fraction of sp³-hybridized carbons (Fsp3) is 0.357. The summed E-state index contributed by atoms with van der Waals surface area (Å²) in [5, 5.41) is 9.16. The van der Waals surface area contributed by atoms with Crippen LogP contribution in [0.25, 0.3) is 0 Å². The molecule has 98 valence electrons. The van der Waals surface area contributed by atoms with Gasteiger partial charge in [0.1, 0.15) is 11.5 Å². The van der Waals surface area contributed by atoms with Crippen molar-refractivity contribution in [3.05, 3.63) is 36.1 Å². The number of allylic oxidation sites excluding steroid dienone is 2. The van der Waals surface area contributed by atoms with Crippen LogP contribution >= 0.6 is 0 Å². The SMILES string of the molecule is CC=C(O)C(=O)CCCOc1ccc(OC)cc1. The smallest absolute Gasteiger partial charge is 0.196 e. The predicted octanol–water partition coefficient (Wildman–Crippen LogP) is 2.89. The van der Waals surface area contributed by atoms with E-state index >= 15 is 0 Å². The number of carbonyl (C=O) groups excluding carboxylic acids is 1. The zero-order chi connectivity index (χ0) is 13.4. The van der Waals surface area contributed by atoms with Gasteiger partial charge in [-0.05, 0) is 43.7 Å². The second kappa shape index (κ2) is 7.37. The van der Waals surface area contributed by atoms with Crippen molar-refractivity contribution in [3.63, 3.8) is 0 Å². The van der Waals surface area contributed by atoms with E-state index in [1.807, 2.05) is 24.3 Å². The summed E-state index contributed by atoms with van der Waals surface area (Å²) in [5.74, 6) is 1.07. The Labute approximate surface area is 107 Å². The largest absolute Gasteiger partial charge is 0.505 e. The molecule has 4 heteroatoms. The third kappa shape index (κ3) is 4.49. The lowest BCUT2D eigenvalue weighted by Crippen LogP contribution is -2.05. The Kier molecular flexibility index (Phi) is 5.77. The molecule has 1 N–H and O–H groups in total. The molecule has 0 fully saturated rings. The molecule has 0 amide bonds. The number of benzene rings is 1. The first-order chi connectivity index (χ1) is 8.67. The van der Waals surface area contributed by atoms with Gasteiger partial charge in [0.2, 0.25) is 0 Å². The van der Waals surface area contributed by atoms with Gasteiger partial charge in [-0.3, -0.25) is 4.79 Å². The summed E-state index contributed by atoms with van der Waals surface area (Å²) in [7, 11) is 1.61. The monoisotopic (exact) mass is 250 g/mol. The first kappa shape index (κ1) is 14.1. The molecule has 0 aromatic heterocycles. The summed E-state index contributed by atoms with van der Waals surface area (Å²) in [6.45, 7) is 2.07. The zero-order valence-electron chi connectivity index (χ0n) is 10.7. The Morgan fingerprint density at radius 3 is 2.44 bits per heavy atom. The van der Waals surface area contributed by atoms with Gasteiger partial charge >= 0.3 is 0 Å². The molecule has 0 atom stereocenters. The number of hydrogen-bond acceptors (Lipinski definition) is 4. The van der Waals surface area contributed by atoms with E-state index in [1.54, 1.807) is 14.0 Å². The molecule has 0 heterocycles. The summed E-state index contributed by atoms with van der Waals surface area (Å²) in [4.78, 5) is 11.3. The number of hydrogen-bond donors (Lipinski definition) is 1. The molecule has 1 aromatic carbocycles. The number of rotatable bonds is 7. The average molecular weight is 250 g/mol. The highest BCUT2D eigenvalue weighted by molar-refractivity contribution is 5.92. The van der Waals surface area contributed by atoms with Gasteiger partial charge in [-0.25, -0.2) is 0 Å². The quantitative estimate of drug-likeness (QED) is 0.459. The van der Waals surface area contributed by atoms with Crippen LogP contribution in [-0.4, -0.2) is 24.6 Å². The Bertz CT molecular complexity index is 406. The second-order valence-corrected chi connectivity index (χ2v) is 3.72. The van der Waals surface area contributed by atoms with Gasteiger partial charge in [0.15, 0.2) is 11.5 Å². The number of aliphatic hydroxyl groups excluding tert-OH is 1. The van der Waals surface area contributed by atoms with Crippen molar-refractivity contribution in [1.82, 2.24) is 0 Å². The minimum Gasteiger partial charge on any atom is -0.505 e. The summed E-state index contributed by atoms with van der Waals surface area (Å²) in [6, 6.07) is 7.24. The summed E-state index contributed by atoms with van der Waals surface area (Å²) in [5.41, 5.74) is 0. The van der Waals surface area contributed by atoms with Crippen molar-refractivity contribution >= 4 is 5.78 Å². The lowest BCUT2D eigenvalue weighted by molar-refractivity contribution is -0.118. The van der Waals surface area contributed by atoms with Crippen LogP contribution in [0.4, 0.5) is 0 Å². The van der Waals surface area contributed by atoms with E-state index in [9.17, 15) is 4.79 Å². The van der Waals surface area contributed by atoms with E-state index in [4.69, 9.17) is 14.6 Å². The number of ketones is 1. The molecule has 0 saturated heterocycles. The Balaban J connectivity index is 2.27. The summed E-state index contributed by atoms with van der Waals surface area (Å²) < 4.78 is 10.5. The van der Waals surface area contributed by atoms with Crippen LogP contribution in [-0.2, 0) is 4.79 Å². The van der Waals surface area contributed by atoms with E-state index in [0.717, 1.165) is 11.5 Å². The molecule has 0 unspecified atom stereocenters. The maximum absolute atomic E-state index is 11.3. The number of ether oxygens (including phenoxy) is 2. The maximum Gasteiger partial charge on any atom is 0.196 e. The third-order valence-corrected chi connectivity index (χ3v) is 2.44. The molecule has 0 aliphatic carbocycles. The molecular weight excluding hydrogens is 232 g/mol. The molecule has 0 aliphatic rings. The number of Topliss-reactive ketones (excluding diaryl/α,β-unsaturated/α-hetero) is 1. The van der Waals surface area contributed by atoms with Crippen molar-refractivity contribution in [2.45, 2.75) is 19.8 Å². The van der Waals surface area contributed by atoms with Gasteiger partial charge in [-0.15, -0.1) is 0 Å². The molecule has 1 rings (SSSR count). The Hall–Kier alpha value is -1.97. The summed E-state index contributed by atoms with van der Waals surface area (Å²) >= 11 is 0. The molecule has 0 spiro atoms. The second-order valence-electron chi connectivity index (χ2n) is 3.72. The van der Waals surface area contributed by atoms with Crippen LogP contribution in [0.1, 0.15) is 19.8 Å². The minimum atomic E-state index is -0.254. The van der Waals surface area contributed by atoms with Gasteiger partial charge in [0, 0.05) is 6.42 Å². The van der Waals surface area contributed by atoms with Gasteiger partial charge in [-0.2, -0.15) is 0 Å². The van der Waals surface area contributed by atoms with E-state index in [1.165, 1.54) is 6.08 Å². The van der Waals surface area contributed by atoms with Gasteiger partial charge < -0.3 is 14.6 Å². The number of carbonyl (C=O) groups is 1. The van der Waals surface area contributed by atoms with Crippen molar-refractivity contribution in [2.24, 2.45) is 0 Å². The third-order valence-electron chi connectivity index (χ3n) is 2.44. The van der Waals surface area contributed by atoms with Crippen LogP contribution in [0.2, 0.25) is 0 Å². The Morgan fingerprint density at radius 1 is 1.28 bits per heavy atom. The maximum atomic E-state index is 11.3. The van der Waals surface area contributed by atoms with E-state index in [-0.39, 0.29) is 18.0 Å². The van der Waals surface area contributed by atoms with Crippen LogP contribution in [0.5, 0.6) is 11.5 Å². The molecule has 1 aromatic rings. The molecule has 0 saturated carbocycles. The highest BCUT2D eigenvalue weighted by Gasteiger charge is 2.05. The van der Waals surface area contributed by atoms with Crippen molar-refractivity contribution in [1.29, 1.82) is 0 Å². The van der Waals surface area contributed by atoms with Crippen LogP contribution in [0.3, 0.4) is 0 Å². The van der Waals surface area contributed by atoms with Gasteiger partial charge in [-0.1, -0.05) is 0 Å². The molecular formula is C14H18O4. The zero-order valence-corrected chi connectivity index (χ0v) is 10.7. The lowest BCUT2D eigenvalue weighted by Gasteiger charge is -2.06. The number of aliphatic hydroxyl groups is 1. The van der Waals surface area contributed by atoms with Crippen molar-refractivity contribution < 1.29 is 19.4 Å². The first-order valence-corrected chi connectivity index (χ1v) is 5.82. The first-order valence-electron chi connectivity index (χ1n) is 5.82.